The molecule has 1 fully saturated rings. The topological polar surface area (TPSA) is 92.3 Å². The Bertz CT molecular complexity index is 892. The van der Waals surface area contributed by atoms with Crippen molar-refractivity contribution in [2.24, 2.45) is 0 Å². The van der Waals surface area contributed by atoms with Gasteiger partial charge in [0.1, 0.15) is 11.5 Å². The summed E-state index contributed by atoms with van der Waals surface area (Å²) in [6.45, 7) is 4.70. The molecule has 0 unspecified atom stereocenters. The van der Waals surface area contributed by atoms with Gasteiger partial charge in [0, 0.05) is 31.2 Å². The molecule has 0 atom stereocenters. The number of hydrogen-bond acceptors (Lipinski definition) is 5. The van der Waals surface area contributed by atoms with E-state index in [1.54, 1.807) is 42.6 Å². The van der Waals surface area contributed by atoms with Crippen molar-refractivity contribution >= 4 is 15.9 Å². The summed E-state index contributed by atoms with van der Waals surface area (Å²) >= 11 is 0. The van der Waals surface area contributed by atoms with Crippen LogP contribution in [0.5, 0.6) is 0 Å². The fourth-order valence-electron chi connectivity index (χ4n) is 3.02. The fourth-order valence-corrected chi connectivity index (χ4v) is 4.51. The Morgan fingerprint density at radius 3 is 2.44 bits per heavy atom. The van der Waals surface area contributed by atoms with E-state index in [9.17, 15) is 13.2 Å². The first-order valence-electron chi connectivity index (χ1n) is 9.07. The lowest BCUT2D eigenvalue weighted by atomic mass is 10.1. The molecule has 144 valence electrons. The third kappa shape index (κ3) is 4.51. The minimum Gasteiger partial charge on any atom is -0.348 e. The maximum atomic E-state index is 12.7. The number of aromatic nitrogens is 2. The average Bonchev–Trinajstić information content (AvgIpc) is 2.69. The second-order valence-corrected chi connectivity index (χ2v) is 8.86. The first-order chi connectivity index (χ1) is 12.9. The van der Waals surface area contributed by atoms with Crippen molar-refractivity contribution < 1.29 is 13.2 Å². The van der Waals surface area contributed by atoms with E-state index >= 15 is 0 Å². The van der Waals surface area contributed by atoms with Gasteiger partial charge in [0.05, 0.1) is 4.90 Å². The Labute approximate surface area is 159 Å². The summed E-state index contributed by atoms with van der Waals surface area (Å²) < 4.78 is 26.8. The van der Waals surface area contributed by atoms with Crippen molar-refractivity contribution in [3.63, 3.8) is 0 Å². The molecule has 1 aromatic heterocycles. The molecule has 0 aliphatic carbocycles. The molecule has 1 aromatic carbocycles. The van der Waals surface area contributed by atoms with Crippen LogP contribution in [0, 0.1) is 0 Å². The molecule has 2 heterocycles. The van der Waals surface area contributed by atoms with Gasteiger partial charge in [-0.25, -0.2) is 18.4 Å². The second kappa shape index (κ2) is 8.14. The minimum atomic E-state index is -3.48. The number of rotatable bonds is 5. The molecule has 1 aliphatic rings. The molecule has 0 spiro atoms. The van der Waals surface area contributed by atoms with Crippen molar-refractivity contribution in [1.82, 2.24) is 19.6 Å². The molecular formula is C19H24N4O3S. The molecule has 27 heavy (non-hydrogen) atoms. The smallest absolute Gasteiger partial charge is 0.270 e. The zero-order valence-electron chi connectivity index (χ0n) is 15.5. The average molecular weight is 388 g/mol. The lowest BCUT2D eigenvalue weighted by Crippen LogP contribution is -2.46. The van der Waals surface area contributed by atoms with E-state index in [1.807, 2.05) is 13.8 Å². The highest BCUT2D eigenvalue weighted by Gasteiger charge is 2.30. The Hall–Kier alpha value is -2.32. The Balaban J connectivity index is 1.60. The lowest BCUT2D eigenvalue weighted by Gasteiger charge is -2.31. The Morgan fingerprint density at radius 1 is 1.15 bits per heavy atom. The lowest BCUT2D eigenvalue weighted by molar-refractivity contribution is 0.0918. The van der Waals surface area contributed by atoms with Gasteiger partial charge in [-0.1, -0.05) is 32.0 Å². The number of sulfonamides is 1. The second-order valence-electron chi connectivity index (χ2n) is 6.92. The van der Waals surface area contributed by atoms with Crippen molar-refractivity contribution in [3.8, 4) is 0 Å². The van der Waals surface area contributed by atoms with Crippen LogP contribution in [-0.4, -0.2) is 47.7 Å². The number of nitrogens with zero attached hydrogens (tertiary/aromatic N) is 3. The van der Waals surface area contributed by atoms with Crippen LogP contribution in [0.15, 0.2) is 47.5 Å². The summed E-state index contributed by atoms with van der Waals surface area (Å²) in [5.41, 5.74) is 0.341. The number of piperidine rings is 1. The van der Waals surface area contributed by atoms with E-state index in [1.165, 1.54) is 4.31 Å². The van der Waals surface area contributed by atoms with Crippen LogP contribution in [-0.2, 0) is 10.0 Å². The van der Waals surface area contributed by atoms with E-state index in [4.69, 9.17) is 0 Å². The van der Waals surface area contributed by atoms with Crippen molar-refractivity contribution in [3.05, 3.63) is 54.1 Å². The van der Waals surface area contributed by atoms with E-state index in [2.05, 4.69) is 15.3 Å². The predicted molar refractivity (Wildman–Crippen MR) is 102 cm³/mol. The zero-order chi connectivity index (χ0) is 19.4. The standard InChI is InChI=1S/C19H24N4O3S/c1-14(2)18-20-11-8-17(22-18)19(24)21-15-9-12-23(13-10-15)27(25,26)16-6-4-3-5-7-16/h3-8,11,14-15H,9-10,12-13H2,1-2H3,(H,21,24). The molecule has 1 N–H and O–H groups in total. The van der Waals surface area contributed by atoms with Crippen molar-refractivity contribution in [2.45, 2.75) is 43.5 Å². The van der Waals surface area contributed by atoms with Gasteiger partial charge in [0.15, 0.2) is 0 Å². The normalized spacial score (nSPS) is 16.4. The van der Waals surface area contributed by atoms with Crippen LogP contribution >= 0.6 is 0 Å². The van der Waals surface area contributed by atoms with Gasteiger partial charge < -0.3 is 5.32 Å². The van der Waals surface area contributed by atoms with Crippen LogP contribution in [0.25, 0.3) is 0 Å². The van der Waals surface area contributed by atoms with E-state index in [0.717, 1.165) is 0 Å². The maximum absolute atomic E-state index is 12.7. The molecule has 1 aliphatic heterocycles. The third-order valence-corrected chi connectivity index (χ3v) is 6.51. The molecule has 0 bridgehead atoms. The van der Waals surface area contributed by atoms with E-state index < -0.39 is 10.0 Å². The number of benzene rings is 1. The molecule has 8 heteroatoms. The SMILES string of the molecule is CC(C)c1nccc(C(=O)NC2CCN(S(=O)(=O)c3ccccc3)CC2)n1. The van der Waals surface area contributed by atoms with Crippen LogP contribution in [0.2, 0.25) is 0 Å². The summed E-state index contributed by atoms with van der Waals surface area (Å²) in [7, 11) is -3.48. The fraction of sp³-hybridized carbons (Fsp3) is 0.421. The monoisotopic (exact) mass is 388 g/mol. The number of amides is 1. The zero-order valence-corrected chi connectivity index (χ0v) is 16.3. The molecule has 1 saturated heterocycles. The first kappa shape index (κ1) is 19.4. The summed E-state index contributed by atoms with van der Waals surface area (Å²) in [6, 6.07) is 9.95. The van der Waals surface area contributed by atoms with Gasteiger partial charge >= 0.3 is 0 Å². The molecule has 2 aromatic rings. The highest BCUT2D eigenvalue weighted by molar-refractivity contribution is 7.89. The van der Waals surface area contributed by atoms with Crippen molar-refractivity contribution in [1.29, 1.82) is 0 Å². The Morgan fingerprint density at radius 2 is 1.81 bits per heavy atom. The summed E-state index contributed by atoms with van der Waals surface area (Å²) in [6.07, 6.45) is 2.73. The highest BCUT2D eigenvalue weighted by Crippen LogP contribution is 2.20. The number of carbonyl (C=O) groups is 1. The predicted octanol–water partition coefficient (Wildman–Crippen LogP) is 2.18. The van der Waals surface area contributed by atoms with Crippen LogP contribution in [0.3, 0.4) is 0 Å². The van der Waals surface area contributed by atoms with Crippen LogP contribution in [0.1, 0.15) is 48.9 Å². The molecule has 3 rings (SSSR count). The molecule has 0 radical (unpaired) electrons. The van der Waals surface area contributed by atoms with Gasteiger partial charge in [-0.05, 0) is 31.0 Å². The number of hydrogen-bond donors (Lipinski definition) is 1. The molecular weight excluding hydrogens is 364 g/mol. The van der Waals surface area contributed by atoms with E-state index in [0.29, 0.717) is 42.3 Å². The highest BCUT2D eigenvalue weighted by atomic mass is 32.2. The minimum absolute atomic E-state index is 0.0720. The van der Waals surface area contributed by atoms with Gasteiger partial charge in [0.25, 0.3) is 5.91 Å². The van der Waals surface area contributed by atoms with Gasteiger partial charge in [0.2, 0.25) is 10.0 Å². The first-order valence-corrected chi connectivity index (χ1v) is 10.5. The van der Waals surface area contributed by atoms with Crippen LogP contribution < -0.4 is 5.32 Å². The summed E-state index contributed by atoms with van der Waals surface area (Å²) in [5, 5.41) is 2.96. The summed E-state index contributed by atoms with van der Waals surface area (Å²) in [4.78, 5) is 21.2. The molecule has 7 nitrogen and oxygen atoms in total. The van der Waals surface area contributed by atoms with Gasteiger partial charge in [-0.15, -0.1) is 0 Å². The maximum Gasteiger partial charge on any atom is 0.270 e. The van der Waals surface area contributed by atoms with Gasteiger partial charge in [-0.2, -0.15) is 4.31 Å². The van der Waals surface area contributed by atoms with Crippen LogP contribution in [0.4, 0.5) is 0 Å². The molecule has 1 amide bonds. The third-order valence-electron chi connectivity index (χ3n) is 4.59. The number of nitrogens with one attached hydrogen (secondary N) is 1. The Kier molecular flexibility index (Phi) is 5.86. The molecule has 0 saturated carbocycles. The summed E-state index contributed by atoms with van der Waals surface area (Å²) in [5.74, 6) is 0.527. The quantitative estimate of drug-likeness (QED) is 0.848. The number of carbonyl (C=O) groups excluding carboxylic acids is 1. The van der Waals surface area contributed by atoms with Gasteiger partial charge in [-0.3, -0.25) is 4.79 Å². The largest absolute Gasteiger partial charge is 0.348 e. The van der Waals surface area contributed by atoms with Crippen molar-refractivity contribution in [2.75, 3.05) is 13.1 Å². The van der Waals surface area contributed by atoms with E-state index in [-0.39, 0.29) is 17.9 Å².